The maximum absolute atomic E-state index is 12.6. The molecule has 7 nitrogen and oxygen atoms in total. The fraction of sp³-hybridized carbons (Fsp3) is 0.333. The molecule has 0 bridgehead atoms. The number of carbonyl (C=O) groups is 1. The first-order valence-corrected chi connectivity index (χ1v) is 10.2. The van der Waals surface area contributed by atoms with Crippen LogP contribution in [-0.2, 0) is 0 Å². The Morgan fingerprint density at radius 2 is 1.78 bits per heavy atom. The van der Waals surface area contributed by atoms with Gasteiger partial charge in [0.15, 0.2) is 5.13 Å². The summed E-state index contributed by atoms with van der Waals surface area (Å²) in [6.07, 6.45) is 0. The maximum Gasteiger partial charge on any atom is 0.324 e. The van der Waals surface area contributed by atoms with E-state index >= 15 is 0 Å². The van der Waals surface area contributed by atoms with E-state index in [1.807, 2.05) is 0 Å². The van der Waals surface area contributed by atoms with Crippen molar-refractivity contribution >= 4 is 48.9 Å². The summed E-state index contributed by atoms with van der Waals surface area (Å²) in [4.78, 5) is 32.1. The van der Waals surface area contributed by atoms with Gasteiger partial charge in [0.1, 0.15) is 0 Å². The number of fused-ring (bicyclic) bond motifs is 1. The average Bonchev–Trinajstić information content (AvgIpc) is 3.32. The zero-order valence-electron chi connectivity index (χ0n) is 15.0. The molecule has 2 aromatic heterocycles. The zero-order chi connectivity index (χ0) is 19.1. The minimum Gasteiger partial charge on any atom is -0.345 e. The second-order valence-electron chi connectivity index (χ2n) is 6.55. The van der Waals surface area contributed by atoms with Crippen LogP contribution in [0.4, 0.5) is 10.1 Å². The monoisotopic (exact) mass is 402 g/mol. The fourth-order valence-corrected chi connectivity index (χ4v) is 5.13. The first-order valence-electron chi connectivity index (χ1n) is 8.59. The van der Waals surface area contributed by atoms with Gasteiger partial charge < -0.3 is 9.80 Å². The Hall–Kier alpha value is -2.52. The van der Waals surface area contributed by atoms with Crippen LogP contribution in [0.15, 0.2) is 24.3 Å². The second kappa shape index (κ2) is 6.90. The summed E-state index contributed by atoms with van der Waals surface area (Å²) in [5.74, 6) is -0.135. The Kier molecular flexibility index (Phi) is 4.56. The molecule has 0 saturated carbocycles. The van der Waals surface area contributed by atoms with E-state index in [-0.39, 0.29) is 10.9 Å². The van der Waals surface area contributed by atoms with Gasteiger partial charge in [0, 0.05) is 32.2 Å². The SMILES string of the molecule is Cc1ccc(C)c2sc(N3CCN(C(=O)c4ccc([N+](=O)[O-])s4)CC3)nc12. The molecule has 0 radical (unpaired) electrons. The van der Waals surface area contributed by atoms with Crippen molar-refractivity contribution in [1.29, 1.82) is 0 Å². The van der Waals surface area contributed by atoms with E-state index < -0.39 is 4.92 Å². The molecule has 1 saturated heterocycles. The third kappa shape index (κ3) is 3.28. The molecule has 0 N–H and O–H groups in total. The number of aryl methyl sites for hydroxylation is 2. The Labute approximate surface area is 164 Å². The summed E-state index contributed by atoms with van der Waals surface area (Å²) in [5, 5.41) is 11.8. The molecule has 0 atom stereocenters. The highest BCUT2D eigenvalue weighted by Crippen LogP contribution is 2.33. The standard InChI is InChI=1S/C18H18N4O3S2/c1-11-3-4-12(2)16-15(11)19-18(27-16)21-9-7-20(8-10-21)17(23)13-5-6-14(26-13)22(24)25/h3-6H,7-10H2,1-2H3. The molecule has 4 rings (SSSR count). The number of aromatic nitrogens is 1. The molecule has 1 aliphatic rings. The lowest BCUT2D eigenvalue weighted by Crippen LogP contribution is -2.48. The number of nitrogens with zero attached hydrogens (tertiary/aromatic N) is 4. The van der Waals surface area contributed by atoms with Crippen LogP contribution in [0.3, 0.4) is 0 Å². The smallest absolute Gasteiger partial charge is 0.324 e. The van der Waals surface area contributed by atoms with Gasteiger partial charge in [-0.05, 0) is 31.0 Å². The van der Waals surface area contributed by atoms with E-state index in [1.165, 1.54) is 28.0 Å². The van der Waals surface area contributed by atoms with E-state index in [0.29, 0.717) is 31.1 Å². The number of carbonyl (C=O) groups excluding carboxylic acids is 1. The Balaban J connectivity index is 1.47. The third-order valence-corrected chi connectivity index (χ3v) is 7.03. The number of anilines is 1. The Bertz CT molecular complexity index is 996. The van der Waals surface area contributed by atoms with Crippen LogP contribution in [0, 0.1) is 24.0 Å². The lowest BCUT2D eigenvalue weighted by Gasteiger charge is -2.34. The maximum atomic E-state index is 12.6. The number of rotatable bonds is 3. The minimum absolute atomic E-state index is 0.00259. The van der Waals surface area contributed by atoms with Crippen molar-refractivity contribution in [2.24, 2.45) is 0 Å². The van der Waals surface area contributed by atoms with Crippen LogP contribution in [0.25, 0.3) is 10.2 Å². The fourth-order valence-electron chi connectivity index (χ4n) is 3.18. The summed E-state index contributed by atoms with van der Waals surface area (Å²) in [6.45, 7) is 6.74. The van der Waals surface area contributed by atoms with Crippen LogP contribution < -0.4 is 4.90 Å². The molecule has 1 fully saturated rings. The van der Waals surface area contributed by atoms with Crippen molar-refractivity contribution in [3.05, 3.63) is 50.4 Å². The number of hydrogen-bond donors (Lipinski definition) is 0. The highest BCUT2D eigenvalue weighted by Gasteiger charge is 2.26. The zero-order valence-corrected chi connectivity index (χ0v) is 16.6. The van der Waals surface area contributed by atoms with E-state index in [4.69, 9.17) is 4.98 Å². The van der Waals surface area contributed by atoms with E-state index in [0.717, 1.165) is 22.0 Å². The number of hydrogen-bond acceptors (Lipinski definition) is 7. The van der Waals surface area contributed by atoms with Crippen LogP contribution >= 0.6 is 22.7 Å². The molecule has 27 heavy (non-hydrogen) atoms. The number of benzene rings is 1. The largest absolute Gasteiger partial charge is 0.345 e. The van der Waals surface area contributed by atoms with Crippen molar-refractivity contribution in [2.45, 2.75) is 13.8 Å². The van der Waals surface area contributed by atoms with Crippen molar-refractivity contribution in [3.63, 3.8) is 0 Å². The molecule has 3 heterocycles. The van der Waals surface area contributed by atoms with Crippen LogP contribution in [0.1, 0.15) is 20.8 Å². The molecular formula is C18H18N4O3S2. The van der Waals surface area contributed by atoms with Gasteiger partial charge in [0.25, 0.3) is 5.91 Å². The summed E-state index contributed by atoms with van der Waals surface area (Å²) >= 11 is 2.63. The summed E-state index contributed by atoms with van der Waals surface area (Å²) in [6, 6.07) is 7.14. The lowest BCUT2D eigenvalue weighted by atomic mass is 10.1. The van der Waals surface area contributed by atoms with Gasteiger partial charge in [-0.3, -0.25) is 14.9 Å². The van der Waals surface area contributed by atoms with E-state index in [1.54, 1.807) is 16.2 Å². The normalized spacial score (nSPS) is 14.7. The number of piperazine rings is 1. The predicted molar refractivity (Wildman–Crippen MR) is 108 cm³/mol. The number of amides is 1. The third-order valence-electron chi connectivity index (χ3n) is 4.75. The van der Waals surface area contributed by atoms with E-state index in [2.05, 4.69) is 30.9 Å². The molecule has 1 aliphatic heterocycles. The van der Waals surface area contributed by atoms with Crippen molar-refractivity contribution in [1.82, 2.24) is 9.88 Å². The minimum atomic E-state index is -0.462. The molecule has 0 spiro atoms. The number of nitro groups is 1. The number of thiazole rings is 1. The summed E-state index contributed by atoms with van der Waals surface area (Å²) in [7, 11) is 0. The molecule has 0 unspecified atom stereocenters. The van der Waals surface area contributed by atoms with Gasteiger partial charge in [-0.15, -0.1) is 0 Å². The van der Waals surface area contributed by atoms with Gasteiger partial charge >= 0.3 is 5.00 Å². The predicted octanol–water partition coefficient (Wildman–Crippen LogP) is 3.85. The Morgan fingerprint density at radius 1 is 1.07 bits per heavy atom. The van der Waals surface area contributed by atoms with Crippen molar-refractivity contribution in [3.8, 4) is 0 Å². The lowest BCUT2D eigenvalue weighted by molar-refractivity contribution is -0.380. The van der Waals surface area contributed by atoms with Gasteiger partial charge in [0.05, 0.1) is 20.0 Å². The molecule has 9 heteroatoms. The van der Waals surface area contributed by atoms with Gasteiger partial charge in [-0.1, -0.05) is 34.8 Å². The molecule has 1 aromatic carbocycles. The van der Waals surface area contributed by atoms with Gasteiger partial charge in [0.2, 0.25) is 0 Å². The average molecular weight is 403 g/mol. The summed E-state index contributed by atoms with van der Waals surface area (Å²) < 4.78 is 1.22. The highest BCUT2D eigenvalue weighted by atomic mass is 32.1. The summed E-state index contributed by atoms with van der Waals surface area (Å²) in [5.41, 5.74) is 3.46. The molecule has 3 aromatic rings. The number of thiophene rings is 1. The van der Waals surface area contributed by atoms with Crippen molar-refractivity contribution < 1.29 is 9.72 Å². The highest BCUT2D eigenvalue weighted by molar-refractivity contribution is 7.22. The molecule has 140 valence electrons. The van der Waals surface area contributed by atoms with Crippen LogP contribution in [0.5, 0.6) is 0 Å². The first kappa shape index (κ1) is 17.9. The Morgan fingerprint density at radius 3 is 2.41 bits per heavy atom. The first-order chi connectivity index (χ1) is 12.9. The van der Waals surface area contributed by atoms with Crippen LogP contribution in [0.2, 0.25) is 0 Å². The topological polar surface area (TPSA) is 79.6 Å². The van der Waals surface area contributed by atoms with E-state index in [9.17, 15) is 14.9 Å². The van der Waals surface area contributed by atoms with Crippen molar-refractivity contribution in [2.75, 3.05) is 31.1 Å². The van der Waals surface area contributed by atoms with Gasteiger partial charge in [-0.2, -0.15) is 0 Å². The molecular weight excluding hydrogens is 384 g/mol. The second-order valence-corrected chi connectivity index (χ2v) is 8.59. The van der Waals surface area contributed by atoms with Gasteiger partial charge in [-0.25, -0.2) is 4.98 Å². The molecule has 1 amide bonds. The quantitative estimate of drug-likeness (QED) is 0.491. The molecule has 0 aliphatic carbocycles. The van der Waals surface area contributed by atoms with Crippen LogP contribution in [-0.4, -0.2) is 46.9 Å².